The summed E-state index contributed by atoms with van der Waals surface area (Å²) in [5.41, 5.74) is 1.77. The molecule has 6 nitrogen and oxygen atoms in total. The van der Waals surface area contributed by atoms with Crippen LogP contribution in [0.2, 0.25) is 0 Å². The number of hydrogen-bond donors (Lipinski definition) is 1. The van der Waals surface area contributed by atoms with Crippen LogP contribution in [0.5, 0.6) is 5.75 Å². The second-order valence-corrected chi connectivity index (χ2v) is 8.93. The highest BCUT2D eigenvalue weighted by Gasteiger charge is 2.17. The molecular formula is C21H28N2O4S. The van der Waals surface area contributed by atoms with Crippen LogP contribution >= 0.6 is 0 Å². The molecule has 28 heavy (non-hydrogen) atoms. The standard InChI is InChI=1S/C21H28N2O4S/c1-16(10-11-18-8-6-5-7-9-18)22-21(24)17(2)27-20-14-12-19(13-15-20)23(3)28(4,25)26/h5-9,12-17H,10-11H2,1-4H3,(H,22,24). The van der Waals surface area contributed by atoms with Crippen LogP contribution in [0.25, 0.3) is 0 Å². The van der Waals surface area contributed by atoms with Crippen molar-refractivity contribution < 1.29 is 17.9 Å². The van der Waals surface area contributed by atoms with E-state index in [1.54, 1.807) is 31.2 Å². The van der Waals surface area contributed by atoms with Gasteiger partial charge in [-0.1, -0.05) is 30.3 Å². The van der Waals surface area contributed by atoms with Gasteiger partial charge in [0.05, 0.1) is 11.9 Å². The molecule has 0 bridgehead atoms. The van der Waals surface area contributed by atoms with Crippen LogP contribution in [0.15, 0.2) is 54.6 Å². The van der Waals surface area contributed by atoms with E-state index in [-0.39, 0.29) is 11.9 Å². The monoisotopic (exact) mass is 404 g/mol. The van der Waals surface area contributed by atoms with E-state index in [4.69, 9.17) is 4.74 Å². The van der Waals surface area contributed by atoms with Crippen molar-refractivity contribution in [2.75, 3.05) is 17.6 Å². The zero-order chi connectivity index (χ0) is 20.7. The first-order valence-corrected chi connectivity index (χ1v) is 11.1. The number of amides is 1. The molecule has 0 radical (unpaired) electrons. The predicted molar refractivity (Wildman–Crippen MR) is 112 cm³/mol. The van der Waals surface area contributed by atoms with Gasteiger partial charge in [-0.25, -0.2) is 8.42 Å². The van der Waals surface area contributed by atoms with Crippen LogP contribution in [-0.4, -0.2) is 39.8 Å². The van der Waals surface area contributed by atoms with Crippen LogP contribution < -0.4 is 14.4 Å². The molecule has 0 saturated carbocycles. The van der Waals surface area contributed by atoms with Gasteiger partial charge in [-0.05, 0) is 56.5 Å². The zero-order valence-electron chi connectivity index (χ0n) is 16.8. The quantitative estimate of drug-likeness (QED) is 0.697. The molecule has 1 N–H and O–H groups in total. The summed E-state index contributed by atoms with van der Waals surface area (Å²) in [6, 6.07) is 16.8. The normalized spacial score (nSPS) is 13.4. The first kappa shape index (κ1) is 21.8. The first-order valence-electron chi connectivity index (χ1n) is 9.21. The minimum Gasteiger partial charge on any atom is -0.481 e. The predicted octanol–water partition coefficient (Wildman–Crippen LogP) is 2.99. The van der Waals surface area contributed by atoms with Gasteiger partial charge in [0, 0.05) is 13.1 Å². The molecule has 2 aromatic carbocycles. The smallest absolute Gasteiger partial charge is 0.260 e. The van der Waals surface area contributed by atoms with Crippen molar-refractivity contribution in [3.63, 3.8) is 0 Å². The molecule has 2 unspecified atom stereocenters. The van der Waals surface area contributed by atoms with E-state index < -0.39 is 16.1 Å². The fourth-order valence-corrected chi connectivity index (χ4v) is 3.15. The maximum absolute atomic E-state index is 12.4. The highest BCUT2D eigenvalue weighted by molar-refractivity contribution is 7.92. The van der Waals surface area contributed by atoms with Crippen LogP contribution in [-0.2, 0) is 21.2 Å². The molecule has 0 aliphatic carbocycles. The van der Waals surface area contributed by atoms with Gasteiger partial charge in [-0.3, -0.25) is 9.10 Å². The van der Waals surface area contributed by atoms with Gasteiger partial charge in [-0.15, -0.1) is 0 Å². The van der Waals surface area contributed by atoms with E-state index in [0.717, 1.165) is 19.1 Å². The molecule has 0 spiro atoms. The van der Waals surface area contributed by atoms with Crippen molar-refractivity contribution >= 4 is 21.6 Å². The number of carbonyl (C=O) groups excluding carboxylic acids is 1. The number of carbonyl (C=O) groups is 1. The summed E-state index contributed by atoms with van der Waals surface area (Å²) in [5, 5.41) is 2.97. The number of hydrogen-bond acceptors (Lipinski definition) is 4. The number of nitrogens with zero attached hydrogens (tertiary/aromatic N) is 1. The fraction of sp³-hybridized carbons (Fsp3) is 0.381. The summed E-state index contributed by atoms with van der Waals surface area (Å²) >= 11 is 0. The van der Waals surface area contributed by atoms with Gasteiger partial charge < -0.3 is 10.1 Å². The van der Waals surface area contributed by atoms with E-state index in [0.29, 0.717) is 11.4 Å². The largest absolute Gasteiger partial charge is 0.481 e. The molecule has 152 valence electrons. The number of rotatable bonds is 9. The molecule has 0 aromatic heterocycles. The summed E-state index contributed by atoms with van der Waals surface area (Å²) in [5.74, 6) is 0.322. The number of sulfonamides is 1. The Kier molecular flexibility index (Phi) is 7.45. The second kappa shape index (κ2) is 9.59. The number of benzene rings is 2. The summed E-state index contributed by atoms with van der Waals surface area (Å²) in [7, 11) is -1.83. The topological polar surface area (TPSA) is 75.7 Å². The van der Waals surface area contributed by atoms with Gasteiger partial charge in [0.15, 0.2) is 6.10 Å². The SMILES string of the molecule is CC(CCc1ccccc1)NC(=O)C(C)Oc1ccc(N(C)S(C)(=O)=O)cc1. The third-order valence-corrected chi connectivity index (χ3v) is 5.68. The molecule has 2 aromatic rings. The van der Waals surface area contributed by atoms with Gasteiger partial charge in [-0.2, -0.15) is 0 Å². The molecule has 7 heteroatoms. The van der Waals surface area contributed by atoms with Crippen molar-refractivity contribution in [2.45, 2.75) is 38.8 Å². The third-order valence-electron chi connectivity index (χ3n) is 4.48. The van der Waals surface area contributed by atoms with Crippen molar-refractivity contribution in [3.05, 3.63) is 60.2 Å². The Morgan fingerprint density at radius 2 is 1.68 bits per heavy atom. The van der Waals surface area contributed by atoms with Crippen LogP contribution in [0.4, 0.5) is 5.69 Å². The Hall–Kier alpha value is -2.54. The number of ether oxygens (including phenoxy) is 1. The minimum absolute atomic E-state index is 0.0320. The van der Waals surface area contributed by atoms with Crippen molar-refractivity contribution in [2.24, 2.45) is 0 Å². The Morgan fingerprint density at radius 3 is 2.25 bits per heavy atom. The Labute approximate surface area is 167 Å². The Balaban J connectivity index is 1.84. The molecule has 0 heterocycles. The van der Waals surface area contributed by atoms with Crippen LogP contribution in [0.3, 0.4) is 0 Å². The second-order valence-electron chi connectivity index (χ2n) is 6.92. The number of anilines is 1. The summed E-state index contributed by atoms with van der Waals surface area (Å²) in [6.45, 7) is 3.67. The Bertz CT molecular complexity index is 867. The highest BCUT2D eigenvalue weighted by Crippen LogP contribution is 2.21. The maximum atomic E-state index is 12.4. The number of nitrogens with one attached hydrogen (secondary N) is 1. The minimum atomic E-state index is -3.32. The van der Waals surface area contributed by atoms with Gasteiger partial charge in [0.1, 0.15) is 5.75 Å². The summed E-state index contributed by atoms with van der Waals surface area (Å²) in [6.07, 6.45) is 2.22. The molecule has 0 saturated heterocycles. The highest BCUT2D eigenvalue weighted by atomic mass is 32.2. The lowest BCUT2D eigenvalue weighted by atomic mass is 10.1. The van der Waals surface area contributed by atoms with E-state index in [2.05, 4.69) is 17.4 Å². The van der Waals surface area contributed by atoms with Crippen molar-refractivity contribution in [3.8, 4) is 5.75 Å². The molecule has 2 rings (SSSR count). The summed E-state index contributed by atoms with van der Waals surface area (Å²) < 4.78 is 30.0. The first-order chi connectivity index (χ1) is 13.2. The van der Waals surface area contributed by atoms with E-state index >= 15 is 0 Å². The lowest BCUT2D eigenvalue weighted by Gasteiger charge is -2.20. The van der Waals surface area contributed by atoms with Gasteiger partial charge in [0.25, 0.3) is 5.91 Å². The third kappa shape index (κ3) is 6.56. The lowest BCUT2D eigenvalue weighted by molar-refractivity contribution is -0.127. The van der Waals surface area contributed by atoms with Gasteiger partial charge in [0.2, 0.25) is 10.0 Å². The van der Waals surface area contributed by atoms with E-state index in [1.807, 2.05) is 25.1 Å². The molecular weight excluding hydrogens is 376 g/mol. The van der Waals surface area contributed by atoms with Crippen molar-refractivity contribution in [1.29, 1.82) is 0 Å². The Morgan fingerprint density at radius 1 is 1.07 bits per heavy atom. The molecule has 0 aliphatic heterocycles. The molecule has 0 aliphatic rings. The van der Waals surface area contributed by atoms with Crippen LogP contribution in [0.1, 0.15) is 25.8 Å². The van der Waals surface area contributed by atoms with Gasteiger partial charge >= 0.3 is 0 Å². The maximum Gasteiger partial charge on any atom is 0.260 e. The van der Waals surface area contributed by atoms with E-state index in [1.165, 1.54) is 16.9 Å². The van der Waals surface area contributed by atoms with Crippen LogP contribution in [0, 0.1) is 0 Å². The molecule has 1 amide bonds. The summed E-state index contributed by atoms with van der Waals surface area (Å²) in [4.78, 5) is 12.4. The molecule has 0 fully saturated rings. The van der Waals surface area contributed by atoms with Crippen molar-refractivity contribution in [1.82, 2.24) is 5.32 Å². The fourth-order valence-electron chi connectivity index (χ4n) is 2.64. The average Bonchev–Trinajstić information content (AvgIpc) is 2.66. The lowest BCUT2D eigenvalue weighted by Crippen LogP contribution is -2.41. The van der Waals surface area contributed by atoms with E-state index in [9.17, 15) is 13.2 Å². The molecule has 2 atom stereocenters. The average molecular weight is 405 g/mol. The number of aryl methyl sites for hydroxylation is 1. The zero-order valence-corrected chi connectivity index (χ0v) is 17.6.